The first-order valence-electron chi connectivity index (χ1n) is 7.12. The zero-order chi connectivity index (χ0) is 17.4. The third-order valence-electron chi connectivity index (χ3n) is 3.81. The second kappa shape index (κ2) is 6.30. The molecule has 0 fully saturated rings. The molecule has 0 N–H and O–H groups in total. The van der Waals surface area contributed by atoms with E-state index in [2.05, 4.69) is 0 Å². The molecule has 122 valence electrons. The SMILES string of the molecule is COC(=O)c1ccn2c(C(=O)c3ccc(Cl)c(Cl)c3)cc(C)c2c1. The van der Waals surface area contributed by atoms with Crippen molar-refractivity contribution in [3.63, 3.8) is 0 Å². The Hall–Kier alpha value is -2.30. The molecular formula is C18H13Cl2NO3. The number of pyridine rings is 1. The van der Waals surface area contributed by atoms with E-state index >= 15 is 0 Å². The Morgan fingerprint density at radius 1 is 1.00 bits per heavy atom. The number of hydrogen-bond acceptors (Lipinski definition) is 3. The molecule has 0 saturated heterocycles. The minimum atomic E-state index is -0.421. The van der Waals surface area contributed by atoms with Crippen molar-refractivity contribution < 1.29 is 14.3 Å². The van der Waals surface area contributed by atoms with Gasteiger partial charge < -0.3 is 9.14 Å². The maximum Gasteiger partial charge on any atom is 0.337 e. The fraction of sp³-hybridized carbons (Fsp3) is 0.111. The van der Waals surface area contributed by atoms with Crippen LogP contribution in [-0.4, -0.2) is 23.3 Å². The van der Waals surface area contributed by atoms with Crippen molar-refractivity contribution >= 4 is 40.5 Å². The zero-order valence-corrected chi connectivity index (χ0v) is 14.5. The van der Waals surface area contributed by atoms with Crippen LogP contribution in [0, 0.1) is 6.92 Å². The summed E-state index contributed by atoms with van der Waals surface area (Å²) in [5, 5.41) is 0.722. The van der Waals surface area contributed by atoms with E-state index in [1.807, 2.05) is 6.92 Å². The summed E-state index contributed by atoms with van der Waals surface area (Å²) in [6, 6.07) is 9.87. The topological polar surface area (TPSA) is 47.8 Å². The number of halogens is 2. The van der Waals surface area contributed by atoms with E-state index in [-0.39, 0.29) is 5.78 Å². The molecule has 0 spiro atoms. The molecular weight excluding hydrogens is 349 g/mol. The maximum absolute atomic E-state index is 12.8. The summed E-state index contributed by atoms with van der Waals surface area (Å²) < 4.78 is 6.47. The lowest BCUT2D eigenvalue weighted by Crippen LogP contribution is -2.06. The summed E-state index contributed by atoms with van der Waals surface area (Å²) in [5.41, 5.74) is 3.00. The predicted molar refractivity (Wildman–Crippen MR) is 93.4 cm³/mol. The predicted octanol–water partition coefficient (Wildman–Crippen LogP) is 4.57. The molecule has 0 amide bonds. The highest BCUT2D eigenvalue weighted by atomic mass is 35.5. The lowest BCUT2D eigenvalue weighted by atomic mass is 10.1. The second-order valence-corrected chi connectivity index (χ2v) is 6.15. The van der Waals surface area contributed by atoms with Crippen molar-refractivity contribution in [1.29, 1.82) is 0 Å². The average molecular weight is 362 g/mol. The number of benzene rings is 1. The highest BCUT2D eigenvalue weighted by Crippen LogP contribution is 2.25. The third kappa shape index (κ3) is 2.79. The number of methoxy groups -OCH3 is 1. The van der Waals surface area contributed by atoms with E-state index in [1.165, 1.54) is 7.11 Å². The molecule has 6 heteroatoms. The molecule has 0 unspecified atom stereocenters. The first-order chi connectivity index (χ1) is 11.4. The monoisotopic (exact) mass is 361 g/mol. The molecule has 0 aliphatic rings. The summed E-state index contributed by atoms with van der Waals surface area (Å²) in [4.78, 5) is 24.5. The number of aromatic nitrogens is 1. The Bertz CT molecular complexity index is 976. The molecule has 0 radical (unpaired) electrons. The van der Waals surface area contributed by atoms with Crippen LogP contribution in [0.3, 0.4) is 0 Å². The highest BCUT2D eigenvalue weighted by molar-refractivity contribution is 6.42. The third-order valence-corrected chi connectivity index (χ3v) is 4.55. The molecule has 0 aliphatic carbocycles. The van der Waals surface area contributed by atoms with Crippen LogP contribution in [0.2, 0.25) is 10.0 Å². The van der Waals surface area contributed by atoms with Crippen LogP contribution in [0.5, 0.6) is 0 Å². The van der Waals surface area contributed by atoms with Crippen molar-refractivity contribution in [2.45, 2.75) is 6.92 Å². The van der Waals surface area contributed by atoms with Gasteiger partial charge in [0.25, 0.3) is 0 Å². The van der Waals surface area contributed by atoms with Gasteiger partial charge in [-0.1, -0.05) is 23.2 Å². The molecule has 0 bridgehead atoms. The Labute approximate surface area is 148 Å². The molecule has 0 atom stereocenters. The van der Waals surface area contributed by atoms with Gasteiger partial charge >= 0.3 is 5.97 Å². The van der Waals surface area contributed by atoms with Crippen LogP contribution in [0.15, 0.2) is 42.6 Å². The molecule has 1 aromatic carbocycles. The van der Waals surface area contributed by atoms with Gasteiger partial charge in [-0.3, -0.25) is 4.79 Å². The van der Waals surface area contributed by atoms with E-state index in [4.69, 9.17) is 27.9 Å². The zero-order valence-electron chi connectivity index (χ0n) is 13.0. The summed E-state index contributed by atoms with van der Waals surface area (Å²) in [6.07, 6.45) is 1.68. The number of hydrogen-bond donors (Lipinski definition) is 0. The van der Waals surface area contributed by atoms with Gasteiger partial charge in [-0.2, -0.15) is 0 Å². The van der Waals surface area contributed by atoms with Gasteiger partial charge in [-0.25, -0.2) is 4.79 Å². The molecule has 2 heterocycles. The van der Waals surface area contributed by atoms with Gasteiger partial charge in [0.1, 0.15) is 0 Å². The second-order valence-electron chi connectivity index (χ2n) is 5.33. The molecule has 0 aliphatic heterocycles. The van der Waals surface area contributed by atoms with E-state index in [1.54, 1.807) is 47.0 Å². The fourth-order valence-corrected chi connectivity index (χ4v) is 2.87. The Morgan fingerprint density at radius 2 is 1.75 bits per heavy atom. The molecule has 2 aromatic heterocycles. The van der Waals surface area contributed by atoms with Crippen LogP contribution in [0.25, 0.3) is 5.52 Å². The minimum Gasteiger partial charge on any atom is -0.465 e. The van der Waals surface area contributed by atoms with E-state index in [0.717, 1.165) is 11.1 Å². The number of ketones is 1. The summed E-state index contributed by atoms with van der Waals surface area (Å²) in [5.74, 6) is -0.599. The van der Waals surface area contributed by atoms with Crippen LogP contribution < -0.4 is 0 Å². The van der Waals surface area contributed by atoms with E-state index in [0.29, 0.717) is 26.9 Å². The molecule has 24 heavy (non-hydrogen) atoms. The highest BCUT2D eigenvalue weighted by Gasteiger charge is 2.17. The first kappa shape index (κ1) is 16.6. The van der Waals surface area contributed by atoms with Gasteiger partial charge in [-0.05, 0) is 48.9 Å². The normalized spacial score (nSPS) is 10.8. The quantitative estimate of drug-likeness (QED) is 0.507. The van der Waals surface area contributed by atoms with Gasteiger partial charge in [0.05, 0.1) is 28.4 Å². The number of aryl methyl sites for hydroxylation is 1. The summed E-state index contributed by atoms with van der Waals surface area (Å²) in [7, 11) is 1.33. The standard InChI is InChI=1S/C18H13Cl2NO3/c1-10-7-16(17(22)11-3-4-13(19)14(20)8-11)21-6-5-12(9-15(10)21)18(23)24-2/h3-9H,1-2H3. The number of nitrogens with zero attached hydrogens (tertiary/aromatic N) is 1. The first-order valence-corrected chi connectivity index (χ1v) is 7.87. The number of carbonyl (C=O) groups is 2. The number of ether oxygens (including phenoxy) is 1. The Kier molecular flexibility index (Phi) is 4.35. The van der Waals surface area contributed by atoms with Crippen LogP contribution in [-0.2, 0) is 4.74 Å². The Balaban J connectivity index is 2.11. The number of carbonyl (C=O) groups excluding carboxylic acids is 2. The van der Waals surface area contributed by atoms with Crippen molar-refractivity contribution in [3.05, 3.63) is 75.0 Å². The molecule has 3 aromatic rings. The lowest BCUT2D eigenvalue weighted by Gasteiger charge is -2.05. The number of rotatable bonds is 3. The molecule has 0 saturated carbocycles. The van der Waals surface area contributed by atoms with Crippen LogP contribution in [0.1, 0.15) is 32.0 Å². The summed E-state index contributed by atoms with van der Waals surface area (Å²) >= 11 is 11.9. The van der Waals surface area contributed by atoms with E-state index in [9.17, 15) is 9.59 Å². The van der Waals surface area contributed by atoms with Crippen molar-refractivity contribution in [2.75, 3.05) is 7.11 Å². The minimum absolute atomic E-state index is 0.178. The van der Waals surface area contributed by atoms with Crippen LogP contribution >= 0.6 is 23.2 Å². The maximum atomic E-state index is 12.8. The number of fused-ring (bicyclic) bond motifs is 1. The van der Waals surface area contributed by atoms with Gasteiger partial charge in [0.15, 0.2) is 0 Å². The van der Waals surface area contributed by atoms with Gasteiger partial charge in [-0.15, -0.1) is 0 Å². The smallest absolute Gasteiger partial charge is 0.337 e. The van der Waals surface area contributed by atoms with Crippen molar-refractivity contribution in [1.82, 2.24) is 4.40 Å². The Morgan fingerprint density at radius 3 is 2.42 bits per heavy atom. The van der Waals surface area contributed by atoms with Crippen molar-refractivity contribution in [2.24, 2.45) is 0 Å². The van der Waals surface area contributed by atoms with Gasteiger partial charge in [0.2, 0.25) is 5.78 Å². The fourth-order valence-electron chi connectivity index (χ4n) is 2.57. The molecule has 3 rings (SSSR count). The number of esters is 1. The average Bonchev–Trinajstić information content (AvgIpc) is 2.92. The largest absolute Gasteiger partial charge is 0.465 e. The molecule has 4 nitrogen and oxygen atoms in total. The van der Waals surface area contributed by atoms with Gasteiger partial charge in [0, 0.05) is 17.3 Å². The van der Waals surface area contributed by atoms with E-state index < -0.39 is 5.97 Å². The summed E-state index contributed by atoms with van der Waals surface area (Å²) in [6.45, 7) is 1.88. The van der Waals surface area contributed by atoms with Crippen LogP contribution in [0.4, 0.5) is 0 Å². The van der Waals surface area contributed by atoms with Crippen molar-refractivity contribution in [3.8, 4) is 0 Å². The lowest BCUT2D eigenvalue weighted by molar-refractivity contribution is 0.0600.